The van der Waals surface area contributed by atoms with Gasteiger partial charge < -0.3 is 15.2 Å². The number of carboxylic acids is 1. The number of nitrogens with zero attached hydrogens (tertiary/aromatic N) is 2. The van der Waals surface area contributed by atoms with Crippen LogP contribution in [0.25, 0.3) is 0 Å². The van der Waals surface area contributed by atoms with Crippen LogP contribution >= 0.6 is 0 Å². The van der Waals surface area contributed by atoms with Crippen LogP contribution in [0.1, 0.15) is 19.8 Å². The Morgan fingerprint density at radius 2 is 2.47 bits per heavy atom. The van der Waals surface area contributed by atoms with Gasteiger partial charge in [0.2, 0.25) is 0 Å². The van der Waals surface area contributed by atoms with Crippen LogP contribution in [-0.2, 0) is 16.1 Å². The molecule has 96 valence electrons. The Morgan fingerprint density at radius 3 is 3.12 bits per heavy atom. The summed E-state index contributed by atoms with van der Waals surface area (Å²) in [6.07, 6.45) is 4.38. The molecule has 0 aliphatic carbocycles. The van der Waals surface area contributed by atoms with E-state index in [4.69, 9.17) is 9.84 Å². The highest BCUT2D eigenvalue weighted by Gasteiger charge is 2.06. The third-order valence-corrected chi connectivity index (χ3v) is 2.36. The zero-order valence-electron chi connectivity index (χ0n) is 10.2. The topological polar surface area (TPSA) is 76.4 Å². The van der Waals surface area contributed by atoms with Crippen molar-refractivity contribution >= 4 is 11.7 Å². The van der Waals surface area contributed by atoms with Crippen molar-refractivity contribution in [3.8, 4) is 0 Å². The number of aromatic nitrogens is 2. The van der Waals surface area contributed by atoms with E-state index in [1.54, 1.807) is 18.0 Å². The minimum atomic E-state index is -0.769. The van der Waals surface area contributed by atoms with E-state index >= 15 is 0 Å². The van der Waals surface area contributed by atoms with Gasteiger partial charge in [-0.3, -0.25) is 9.48 Å². The molecule has 1 unspecified atom stereocenters. The van der Waals surface area contributed by atoms with Gasteiger partial charge in [0.15, 0.2) is 0 Å². The van der Waals surface area contributed by atoms with Crippen LogP contribution in [0.15, 0.2) is 12.4 Å². The molecule has 0 aliphatic heterocycles. The number of anilines is 1. The van der Waals surface area contributed by atoms with Crippen molar-refractivity contribution in [3.05, 3.63) is 12.4 Å². The fraction of sp³-hybridized carbons (Fsp3) is 0.636. The molecule has 0 radical (unpaired) electrons. The van der Waals surface area contributed by atoms with Gasteiger partial charge in [0.1, 0.15) is 0 Å². The maximum absolute atomic E-state index is 10.4. The summed E-state index contributed by atoms with van der Waals surface area (Å²) in [7, 11) is 1.65. The highest BCUT2D eigenvalue weighted by atomic mass is 16.5. The molecule has 1 aromatic rings. The molecule has 17 heavy (non-hydrogen) atoms. The largest absolute Gasteiger partial charge is 0.481 e. The summed E-state index contributed by atoms with van der Waals surface area (Å²) in [5, 5.41) is 15.9. The number of carboxylic acid groups (broad SMARTS) is 1. The van der Waals surface area contributed by atoms with E-state index in [0.29, 0.717) is 19.6 Å². The van der Waals surface area contributed by atoms with Crippen LogP contribution in [-0.4, -0.2) is 40.6 Å². The highest BCUT2D eigenvalue weighted by Crippen LogP contribution is 2.09. The maximum atomic E-state index is 10.4. The Balaban J connectivity index is 2.35. The second kappa shape index (κ2) is 6.90. The van der Waals surface area contributed by atoms with Crippen molar-refractivity contribution < 1.29 is 14.6 Å². The molecular weight excluding hydrogens is 222 g/mol. The van der Waals surface area contributed by atoms with E-state index in [1.807, 2.05) is 13.1 Å². The number of nitrogens with one attached hydrogen (secondary N) is 1. The molecule has 2 N–H and O–H groups in total. The predicted octanol–water partition coefficient (Wildman–Crippen LogP) is 1.19. The average molecular weight is 241 g/mol. The molecule has 1 aromatic heterocycles. The first-order chi connectivity index (χ1) is 8.11. The van der Waals surface area contributed by atoms with Gasteiger partial charge in [-0.05, 0) is 13.3 Å². The molecule has 0 saturated carbocycles. The van der Waals surface area contributed by atoms with E-state index < -0.39 is 5.97 Å². The third kappa shape index (κ3) is 5.35. The van der Waals surface area contributed by atoms with Crippen LogP contribution in [0.3, 0.4) is 0 Å². The summed E-state index contributed by atoms with van der Waals surface area (Å²) < 4.78 is 6.74. The van der Waals surface area contributed by atoms with Gasteiger partial charge in [-0.25, -0.2) is 0 Å². The van der Waals surface area contributed by atoms with Gasteiger partial charge >= 0.3 is 5.97 Å². The van der Waals surface area contributed by atoms with Gasteiger partial charge in [0.25, 0.3) is 0 Å². The normalized spacial score (nSPS) is 12.4. The van der Waals surface area contributed by atoms with Crippen LogP contribution in [0.2, 0.25) is 0 Å². The lowest BCUT2D eigenvalue weighted by Crippen LogP contribution is -2.16. The minimum Gasteiger partial charge on any atom is -0.481 e. The van der Waals surface area contributed by atoms with E-state index in [0.717, 1.165) is 5.69 Å². The first kappa shape index (κ1) is 13.5. The monoisotopic (exact) mass is 241 g/mol. The van der Waals surface area contributed by atoms with Gasteiger partial charge in [-0.15, -0.1) is 0 Å². The molecule has 6 nitrogen and oxygen atoms in total. The molecule has 0 amide bonds. The predicted molar refractivity (Wildman–Crippen MR) is 64.1 cm³/mol. The van der Waals surface area contributed by atoms with Crippen LogP contribution < -0.4 is 5.32 Å². The molecule has 1 atom stereocenters. The number of rotatable bonds is 8. The third-order valence-electron chi connectivity index (χ3n) is 2.36. The maximum Gasteiger partial charge on any atom is 0.303 e. The summed E-state index contributed by atoms with van der Waals surface area (Å²) in [4.78, 5) is 10.4. The minimum absolute atomic E-state index is 0.117. The van der Waals surface area contributed by atoms with Crippen molar-refractivity contribution in [2.45, 2.75) is 32.4 Å². The summed E-state index contributed by atoms with van der Waals surface area (Å²) in [6.45, 7) is 3.28. The summed E-state index contributed by atoms with van der Waals surface area (Å²) in [5.41, 5.74) is 0.902. The van der Waals surface area contributed by atoms with E-state index in [9.17, 15) is 4.79 Å². The molecule has 1 heterocycles. The summed E-state index contributed by atoms with van der Waals surface area (Å²) in [6, 6.07) is 0.117. The fourth-order valence-electron chi connectivity index (χ4n) is 1.44. The van der Waals surface area contributed by atoms with E-state index in [1.165, 1.54) is 0 Å². The lowest BCUT2D eigenvalue weighted by Gasteiger charge is -2.11. The van der Waals surface area contributed by atoms with Crippen LogP contribution in [0.4, 0.5) is 5.69 Å². The van der Waals surface area contributed by atoms with Crippen molar-refractivity contribution in [1.29, 1.82) is 0 Å². The first-order valence-electron chi connectivity index (χ1n) is 5.61. The van der Waals surface area contributed by atoms with Gasteiger partial charge in [-0.2, -0.15) is 5.10 Å². The number of hydrogen-bond donors (Lipinski definition) is 2. The molecule has 0 aliphatic rings. The van der Waals surface area contributed by atoms with Crippen molar-refractivity contribution in [2.24, 2.45) is 0 Å². The molecule has 0 fully saturated rings. The summed E-state index contributed by atoms with van der Waals surface area (Å²) in [5.74, 6) is -0.769. The highest BCUT2D eigenvalue weighted by molar-refractivity contribution is 5.66. The van der Waals surface area contributed by atoms with Gasteiger partial charge in [0.05, 0.1) is 25.0 Å². The van der Waals surface area contributed by atoms with Crippen molar-refractivity contribution in [2.75, 3.05) is 19.0 Å². The smallest absolute Gasteiger partial charge is 0.303 e. The number of carbonyl (C=O) groups is 1. The van der Waals surface area contributed by atoms with Gasteiger partial charge in [-0.1, -0.05) is 0 Å². The first-order valence-corrected chi connectivity index (χ1v) is 5.61. The molecule has 1 rings (SSSR count). The van der Waals surface area contributed by atoms with Crippen molar-refractivity contribution in [3.63, 3.8) is 0 Å². The molecule has 0 aromatic carbocycles. The molecular formula is C11H19N3O3. The fourth-order valence-corrected chi connectivity index (χ4v) is 1.44. The zero-order valence-corrected chi connectivity index (χ0v) is 10.2. The van der Waals surface area contributed by atoms with E-state index in [-0.39, 0.29) is 12.5 Å². The number of aliphatic carboxylic acids is 1. The average Bonchev–Trinajstić information content (AvgIpc) is 2.71. The Hall–Kier alpha value is -1.56. The number of hydrogen-bond acceptors (Lipinski definition) is 4. The Morgan fingerprint density at radius 1 is 1.71 bits per heavy atom. The lowest BCUT2D eigenvalue weighted by atomic mass is 10.2. The van der Waals surface area contributed by atoms with Crippen LogP contribution in [0, 0.1) is 0 Å². The molecule has 0 saturated heterocycles. The second-order valence-corrected chi connectivity index (χ2v) is 3.96. The zero-order chi connectivity index (χ0) is 12.7. The Kier molecular flexibility index (Phi) is 5.48. The second-order valence-electron chi connectivity index (χ2n) is 3.96. The number of methoxy groups -OCH3 is 1. The van der Waals surface area contributed by atoms with E-state index in [2.05, 4.69) is 10.4 Å². The number of ether oxygens (including phenoxy) is 1. The molecule has 0 bridgehead atoms. The Labute approximate surface area is 101 Å². The van der Waals surface area contributed by atoms with Gasteiger partial charge in [0, 0.05) is 25.8 Å². The quantitative estimate of drug-likeness (QED) is 0.715. The molecule has 6 heteroatoms. The standard InChI is InChI=1S/C11H19N3O3/c1-9(3-4-11(15)16)13-10-7-12-14(8-10)5-6-17-2/h7-9,13H,3-6H2,1-2H3,(H,15,16). The van der Waals surface area contributed by atoms with Crippen molar-refractivity contribution in [1.82, 2.24) is 9.78 Å². The summed E-state index contributed by atoms with van der Waals surface area (Å²) >= 11 is 0. The lowest BCUT2D eigenvalue weighted by molar-refractivity contribution is -0.137. The molecule has 0 spiro atoms. The SMILES string of the molecule is COCCn1cc(NC(C)CCC(=O)O)cn1. The van der Waals surface area contributed by atoms with Crippen LogP contribution in [0.5, 0.6) is 0 Å². The Bertz CT molecular complexity index is 351.